The Bertz CT molecular complexity index is 172. The van der Waals surface area contributed by atoms with Crippen LogP contribution in [0.1, 0.15) is 78.1 Å². The van der Waals surface area contributed by atoms with E-state index >= 15 is 0 Å². The first-order chi connectivity index (χ1) is 8.00. The van der Waals surface area contributed by atoms with E-state index in [4.69, 9.17) is 9.79 Å². The molecular weight excluding hydrogens is 235 g/mol. The Balaban J connectivity index is 3.24. The van der Waals surface area contributed by atoms with Gasteiger partial charge in [0.1, 0.15) is 5.34 Å². The predicted molar refractivity (Wildman–Crippen MR) is 73.8 cm³/mol. The standard InChI is InChI=1S/C13H29O3P/c1-3-4-5-6-7-8-9-10-11-12-13(2,14)17(15)16/h14-16H,3-12H2,1-2H3. The fraction of sp³-hybridized carbons (Fsp3) is 1.00. The summed E-state index contributed by atoms with van der Waals surface area (Å²) >= 11 is 0. The lowest BCUT2D eigenvalue weighted by Crippen LogP contribution is -2.20. The van der Waals surface area contributed by atoms with Gasteiger partial charge >= 0.3 is 0 Å². The lowest BCUT2D eigenvalue weighted by atomic mass is 10.1. The van der Waals surface area contributed by atoms with Gasteiger partial charge in [0.15, 0.2) is 8.38 Å². The Morgan fingerprint density at radius 2 is 1.24 bits per heavy atom. The van der Waals surface area contributed by atoms with E-state index < -0.39 is 13.7 Å². The maximum Gasteiger partial charge on any atom is 0.198 e. The highest BCUT2D eigenvalue weighted by atomic mass is 31.2. The molecule has 0 radical (unpaired) electrons. The fourth-order valence-corrected chi connectivity index (χ4v) is 2.23. The molecule has 0 rings (SSSR count). The van der Waals surface area contributed by atoms with Crippen LogP contribution in [-0.2, 0) is 0 Å². The van der Waals surface area contributed by atoms with Crippen molar-refractivity contribution in [1.82, 2.24) is 0 Å². The van der Waals surface area contributed by atoms with Crippen molar-refractivity contribution in [2.24, 2.45) is 0 Å². The zero-order valence-corrected chi connectivity index (χ0v) is 12.3. The first kappa shape index (κ1) is 17.3. The smallest absolute Gasteiger partial charge is 0.198 e. The van der Waals surface area contributed by atoms with Gasteiger partial charge in [-0.1, -0.05) is 64.7 Å². The van der Waals surface area contributed by atoms with Crippen molar-refractivity contribution < 1.29 is 14.9 Å². The molecule has 0 aliphatic rings. The Morgan fingerprint density at radius 3 is 1.65 bits per heavy atom. The number of hydrogen-bond acceptors (Lipinski definition) is 3. The topological polar surface area (TPSA) is 60.7 Å². The van der Waals surface area contributed by atoms with Gasteiger partial charge in [-0.15, -0.1) is 0 Å². The minimum absolute atomic E-state index is 0.488. The molecule has 0 saturated carbocycles. The third-order valence-electron chi connectivity index (χ3n) is 3.18. The molecule has 0 aromatic rings. The van der Waals surface area contributed by atoms with Gasteiger partial charge in [-0.05, 0) is 13.3 Å². The van der Waals surface area contributed by atoms with Gasteiger partial charge in [-0.25, -0.2) is 0 Å². The molecule has 0 saturated heterocycles. The molecule has 0 aliphatic heterocycles. The molecule has 0 bridgehead atoms. The molecule has 1 atom stereocenters. The average Bonchev–Trinajstić information content (AvgIpc) is 2.26. The van der Waals surface area contributed by atoms with Crippen molar-refractivity contribution in [2.75, 3.05) is 0 Å². The summed E-state index contributed by atoms with van der Waals surface area (Å²) in [4.78, 5) is 17.9. The van der Waals surface area contributed by atoms with Gasteiger partial charge in [-0.2, -0.15) is 0 Å². The maximum absolute atomic E-state index is 9.62. The molecule has 0 fully saturated rings. The van der Waals surface area contributed by atoms with Gasteiger partial charge in [0, 0.05) is 0 Å². The van der Waals surface area contributed by atoms with Gasteiger partial charge in [0.25, 0.3) is 0 Å². The number of unbranched alkanes of at least 4 members (excludes halogenated alkanes) is 8. The van der Waals surface area contributed by atoms with Crippen molar-refractivity contribution in [2.45, 2.75) is 83.4 Å². The summed E-state index contributed by atoms with van der Waals surface area (Å²) < 4.78 is 0. The Kier molecular flexibility index (Phi) is 10.4. The van der Waals surface area contributed by atoms with E-state index in [0.717, 1.165) is 12.8 Å². The molecule has 0 amide bonds. The van der Waals surface area contributed by atoms with Crippen LogP contribution >= 0.6 is 8.38 Å². The molecule has 104 valence electrons. The van der Waals surface area contributed by atoms with E-state index in [2.05, 4.69) is 6.92 Å². The van der Waals surface area contributed by atoms with Crippen LogP contribution < -0.4 is 0 Å². The molecule has 17 heavy (non-hydrogen) atoms. The van der Waals surface area contributed by atoms with Crippen LogP contribution in [0.4, 0.5) is 0 Å². The summed E-state index contributed by atoms with van der Waals surface area (Å²) in [7, 11) is -2.22. The second-order valence-corrected chi connectivity index (χ2v) is 6.63. The van der Waals surface area contributed by atoms with Crippen molar-refractivity contribution in [1.29, 1.82) is 0 Å². The van der Waals surface area contributed by atoms with Crippen LogP contribution in [0.3, 0.4) is 0 Å². The molecule has 3 N–H and O–H groups in total. The number of hydrogen-bond donors (Lipinski definition) is 3. The Labute approximate surface area is 107 Å². The minimum Gasteiger partial charge on any atom is -0.381 e. The molecule has 3 nitrogen and oxygen atoms in total. The first-order valence-corrected chi connectivity index (χ1v) is 8.16. The third-order valence-corrected chi connectivity index (χ3v) is 4.27. The zero-order chi connectivity index (χ0) is 13.1. The van der Waals surface area contributed by atoms with E-state index in [1.54, 1.807) is 0 Å². The van der Waals surface area contributed by atoms with Crippen LogP contribution in [0.5, 0.6) is 0 Å². The molecular formula is C13H29O3P. The van der Waals surface area contributed by atoms with E-state index in [1.807, 2.05) is 0 Å². The summed E-state index contributed by atoms with van der Waals surface area (Å²) in [5.74, 6) is 0. The van der Waals surface area contributed by atoms with Gasteiger partial charge in [-0.3, -0.25) is 0 Å². The maximum atomic E-state index is 9.62. The Morgan fingerprint density at radius 1 is 0.824 bits per heavy atom. The second-order valence-electron chi connectivity index (χ2n) is 5.08. The summed E-state index contributed by atoms with van der Waals surface area (Å²) in [6.45, 7) is 3.73. The average molecular weight is 264 g/mol. The van der Waals surface area contributed by atoms with Crippen molar-refractivity contribution in [3.05, 3.63) is 0 Å². The summed E-state index contributed by atoms with van der Waals surface area (Å²) in [5, 5.41) is 8.34. The van der Waals surface area contributed by atoms with Crippen molar-refractivity contribution in [3.63, 3.8) is 0 Å². The molecule has 1 unspecified atom stereocenters. The SMILES string of the molecule is CCCCCCCCCCCC(C)(O)P(O)O. The minimum atomic E-state index is -2.22. The second kappa shape index (κ2) is 10.3. The van der Waals surface area contributed by atoms with Gasteiger partial charge in [0.2, 0.25) is 0 Å². The monoisotopic (exact) mass is 264 g/mol. The third kappa shape index (κ3) is 9.96. The zero-order valence-electron chi connectivity index (χ0n) is 11.4. The normalized spacial score (nSPS) is 15.2. The molecule has 0 aliphatic carbocycles. The lowest BCUT2D eigenvalue weighted by molar-refractivity contribution is 0.114. The Hall–Kier alpha value is 0.310. The molecule has 0 heterocycles. The number of aliphatic hydroxyl groups is 1. The number of rotatable bonds is 11. The highest BCUT2D eigenvalue weighted by molar-refractivity contribution is 7.46. The van der Waals surface area contributed by atoms with Crippen LogP contribution in [0.2, 0.25) is 0 Å². The van der Waals surface area contributed by atoms with Crippen LogP contribution in [0.15, 0.2) is 0 Å². The summed E-state index contributed by atoms with van der Waals surface area (Å²) in [5.41, 5.74) is 0. The quantitative estimate of drug-likeness (QED) is 0.391. The molecule has 4 heteroatoms. The predicted octanol–water partition coefficient (Wildman–Crippen LogP) is 3.91. The van der Waals surface area contributed by atoms with E-state index in [0.29, 0.717) is 6.42 Å². The molecule has 0 spiro atoms. The first-order valence-electron chi connectivity index (χ1n) is 6.91. The van der Waals surface area contributed by atoms with Crippen LogP contribution in [-0.4, -0.2) is 20.2 Å². The molecule has 0 aromatic carbocycles. The lowest BCUT2D eigenvalue weighted by Gasteiger charge is -2.23. The van der Waals surface area contributed by atoms with E-state index in [9.17, 15) is 5.11 Å². The highest BCUT2D eigenvalue weighted by Crippen LogP contribution is 2.42. The summed E-state index contributed by atoms with van der Waals surface area (Å²) in [6, 6.07) is 0. The highest BCUT2D eigenvalue weighted by Gasteiger charge is 2.28. The van der Waals surface area contributed by atoms with Gasteiger partial charge < -0.3 is 14.9 Å². The largest absolute Gasteiger partial charge is 0.381 e. The fourth-order valence-electron chi connectivity index (χ4n) is 1.87. The summed E-state index contributed by atoms with van der Waals surface area (Å²) in [6.07, 6.45) is 11.5. The van der Waals surface area contributed by atoms with Crippen LogP contribution in [0, 0.1) is 0 Å². The van der Waals surface area contributed by atoms with E-state index in [1.165, 1.54) is 51.9 Å². The van der Waals surface area contributed by atoms with Crippen molar-refractivity contribution in [3.8, 4) is 0 Å². The van der Waals surface area contributed by atoms with Crippen molar-refractivity contribution >= 4 is 8.38 Å². The van der Waals surface area contributed by atoms with E-state index in [-0.39, 0.29) is 0 Å². The van der Waals surface area contributed by atoms with Gasteiger partial charge in [0.05, 0.1) is 0 Å². The van der Waals surface area contributed by atoms with Crippen LogP contribution in [0.25, 0.3) is 0 Å². The molecule has 0 aromatic heterocycles.